The molecule has 0 amide bonds. The van der Waals surface area contributed by atoms with Crippen molar-refractivity contribution in [1.82, 2.24) is 9.55 Å². The molecule has 2 N–H and O–H groups in total. The second-order valence-electron chi connectivity index (χ2n) is 5.14. The van der Waals surface area contributed by atoms with Gasteiger partial charge in [0, 0.05) is 12.6 Å². The lowest BCUT2D eigenvalue weighted by Crippen LogP contribution is -2.15. The standard InChI is InChI=1S/C16H25N3O/c1-4-9-19-15-8-7-12(20-10-5-2)11-14(15)18-16(19)13(17)6-3/h7-8,11,13H,4-6,9-10,17H2,1-3H3. The van der Waals surface area contributed by atoms with Crippen LogP contribution in [0.4, 0.5) is 0 Å². The van der Waals surface area contributed by atoms with E-state index in [0.29, 0.717) is 0 Å². The number of rotatable bonds is 7. The number of nitrogens with zero attached hydrogens (tertiary/aromatic N) is 2. The van der Waals surface area contributed by atoms with E-state index in [4.69, 9.17) is 15.5 Å². The van der Waals surface area contributed by atoms with Gasteiger partial charge >= 0.3 is 0 Å². The number of ether oxygens (including phenoxy) is 1. The largest absolute Gasteiger partial charge is 0.494 e. The van der Waals surface area contributed by atoms with Crippen LogP contribution in [-0.2, 0) is 6.54 Å². The highest BCUT2D eigenvalue weighted by atomic mass is 16.5. The number of nitrogens with two attached hydrogens (primary N) is 1. The van der Waals surface area contributed by atoms with Crippen molar-refractivity contribution in [1.29, 1.82) is 0 Å². The first-order chi connectivity index (χ1) is 9.71. The zero-order chi connectivity index (χ0) is 14.5. The Balaban J connectivity index is 2.43. The Morgan fingerprint density at radius 3 is 2.70 bits per heavy atom. The van der Waals surface area contributed by atoms with Crippen LogP contribution in [-0.4, -0.2) is 16.2 Å². The average Bonchev–Trinajstić information content (AvgIpc) is 2.83. The molecule has 1 aromatic heterocycles. The Kier molecular flexibility index (Phi) is 5.01. The molecule has 2 aromatic rings. The van der Waals surface area contributed by atoms with Crippen LogP contribution in [0.1, 0.15) is 51.9 Å². The molecule has 0 saturated heterocycles. The minimum atomic E-state index is -0.00559. The minimum absolute atomic E-state index is 0.00559. The van der Waals surface area contributed by atoms with E-state index < -0.39 is 0 Å². The van der Waals surface area contributed by atoms with Gasteiger partial charge in [0.1, 0.15) is 11.6 Å². The topological polar surface area (TPSA) is 53.1 Å². The van der Waals surface area contributed by atoms with E-state index in [9.17, 15) is 0 Å². The maximum Gasteiger partial charge on any atom is 0.126 e. The van der Waals surface area contributed by atoms with Gasteiger partial charge in [-0.25, -0.2) is 4.98 Å². The summed E-state index contributed by atoms with van der Waals surface area (Å²) in [6.07, 6.45) is 2.98. The van der Waals surface area contributed by atoms with Crippen molar-refractivity contribution in [3.05, 3.63) is 24.0 Å². The first kappa shape index (κ1) is 14.9. The van der Waals surface area contributed by atoms with Crippen LogP contribution >= 0.6 is 0 Å². The van der Waals surface area contributed by atoms with Crippen molar-refractivity contribution < 1.29 is 4.74 Å². The predicted octanol–water partition coefficient (Wildman–Crippen LogP) is 3.64. The molecule has 0 spiro atoms. The third-order valence-corrected chi connectivity index (χ3v) is 3.44. The molecule has 1 heterocycles. The number of aromatic nitrogens is 2. The van der Waals surface area contributed by atoms with Crippen LogP contribution in [0.3, 0.4) is 0 Å². The number of hydrogen-bond acceptors (Lipinski definition) is 3. The maximum atomic E-state index is 6.19. The SMILES string of the molecule is CCCOc1ccc2c(c1)nc(C(N)CC)n2CCC. The van der Waals surface area contributed by atoms with Crippen molar-refractivity contribution in [2.24, 2.45) is 5.73 Å². The van der Waals surface area contributed by atoms with Crippen molar-refractivity contribution in [2.45, 2.75) is 52.6 Å². The number of imidazole rings is 1. The van der Waals surface area contributed by atoms with Gasteiger partial charge in [0.25, 0.3) is 0 Å². The normalized spacial score (nSPS) is 12.8. The van der Waals surface area contributed by atoms with Crippen molar-refractivity contribution in [2.75, 3.05) is 6.61 Å². The van der Waals surface area contributed by atoms with Crippen molar-refractivity contribution >= 4 is 11.0 Å². The summed E-state index contributed by atoms with van der Waals surface area (Å²) in [7, 11) is 0. The lowest BCUT2D eigenvalue weighted by atomic mass is 10.2. The zero-order valence-electron chi connectivity index (χ0n) is 12.7. The van der Waals surface area contributed by atoms with Crippen LogP contribution in [0, 0.1) is 0 Å². The van der Waals surface area contributed by atoms with Gasteiger partial charge in [-0.2, -0.15) is 0 Å². The fourth-order valence-electron chi connectivity index (χ4n) is 2.36. The van der Waals surface area contributed by atoms with Crippen molar-refractivity contribution in [3.8, 4) is 5.75 Å². The van der Waals surface area contributed by atoms with Gasteiger partial charge in [-0.1, -0.05) is 20.8 Å². The molecule has 1 unspecified atom stereocenters. The van der Waals surface area contributed by atoms with Crippen LogP contribution in [0.15, 0.2) is 18.2 Å². The monoisotopic (exact) mass is 275 g/mol. The summed E-state index contributed by atoms with van der Waals surface area (Å²) in [6.45, 7) is 8.06. The average molecular weight is 275 g/mol. The van der Waals surface area contributed by atoms with Gasteiger partial charge in [-0.15, -0.1) is 0 Å². The number of benzene rings is 1. The first-order valence-electron chi connectivity index (χ1n) is 7.59. The van der Waals surface area contributed by atoms with E-state index in [1.54, 1.807) is 0 Å². The molecule has 0 bridgehead atoms. The quantitative estimate of drug-likeness (QED) is 0.839. The fourth-order valence-corrected chi connectivity index (χ4v) is 2.36. The number of fused-ring (bicyclic) bond motifs is 1. The summed E-state index contributed by atoms with van der Waals surface area (Å²) in [6, 6.07) is 6.12. The third-order valence-electron chi connectivity index (χ3n) is 3.44. The molecule has 0 aliphatic heterocycles. The summed E-state index contributed by atoms with van der Waals surface area (Å²) < 4.78 is 7.92. The van der Waals surface area contributed by atoms with E-state index in [-0.39, 0.29) is 6.04 Å². The second-order valence-corrected chi connectivity index (χ2v) is 5.14. The van der Waals surface area contributed by atoms with E-state index >= 15 is 0 Å². The summed E-state index contributed by atoms with van der Waals surface area (Å²) in [5.41, 5.74) is 8.32. The maximum absolute atomic E-state index is 6.19. The summed E-state index contributed by atoms with van der Waals surface area (Å²) in [5, 5.41) is 0. The van der Waals surface area contributed by atoms with Crippen LogP contribution in [0.2, 0.25) is 0 Å². The zero-order valence-corrected chi connectivity index (χ0v) is 12.7. The Bertz CT molecular complexity index is 562. The van der Waals surface area contributed by atoms with Gasteiger partial charge in [0.15, 0.2) is 0 Å². The Hall–Kier alpha value is -1.55. The summed E-state index contributed by atoms with van der Waals surface area (Å²) in [4.78, 5) is 4.73. The predicted molar refractivity (Wildman–Crippen MR) is 83.0 cm³/mol. The highest BCUT2D eigenvalue weighted by Gasteiger charge is 2.15. The molecule has 2 rings (SSSR count). The van der Waals surface area contributed by atoms with Crippen LogP contribution < -0.4 is 10.5 Å². The highest BCUT2D eigenvalue weighted by molar-refractivity contribution is 5.78. The third kappa shape index (κ3) is 2.96. The number of aryl methyl sites for hydroxylation is 1. The molecule has 1 aromatic carbocycles. The molecule has 20 heavy (non-hydrogen) atoms. The lowest BCUT2D eigenvalue weighted by molar-refractivity contribution is 0.318. The van der Waals surface area contributed by atoms with Crippen LogP contribution in [0.5, 0.6) is 5.75 Å². The Morgan fingerprint density at radius 1 is 1.25 bits per heavy atom. The smallest absolute Gasteiger partial charge is 0.126 e. The van der Waals surface area contributed by atoms with Gasteiger partial charge in [0.05, 0.1) is 23.7 Å². The molecule has 0 radical (unpaired) electrons. The highest BCUT2D eigenvalue weighted by Crippen LogP contribution is 2.25. The Labute approximate surface area is 120 Å². The fraction of sp³-hybridized carbons (Fsp3) is 0.562. The minimum Gasteiger partial charge on any atom is -0.494 e. The van der Waals surface area contributed by atoms with E-state index in [1.807, 2.05) is 12.1 Å². The summed E-state index contributed by atoms with van der Waals surface area (Å²) >= 11 is 0. The van der Waals surface area contributed by atoms with E-state index in [2.05, 4.69) is 31.4 Å². The Morgan fingerprint density at radius 2 is 2.05 bits per heavy atom. The molecule has 0 saturated carbocycles. The molecular weight excluding hydrogens is 250 g/mol. The van der Waals surface area contributed by atoms with Crippen LogP contribution in [0.25, 0.3) is 11.0 Å². The molecule has 0 fully saturated rings. The molecule has 110 valence electrons. The first-order valence-corrected chi connectivity index (χ1v) is 7.59. The van der Waals surface area contributed by atoms with Gasteiger partial charge in [-0.3, -0.25) is 0 Å². The molecule has 1 atom stereocenters. The van der Waals surface area contributed by atoms with E-state index in [1.165, 1.54) is 0 Å². The summed E-state index contributed by atoms with van der Waals surface area (Å²) in [5.74, 6) is 1.87. The number of hydrogen-bond donors (Lipinski definition) is 1. The molecular formula is C16H25N3O. The lowest BCUT2D eigenvalue weighted by Gasteiger charge is -2.12. The second kappa shape index (κ2) is 6.75. The molecule has 4 heteroatoms. The van der Waals surface area contributed by atoms with Gasteiger partial charge in [-0.05, 0) is 31.4 Å². The van der Waals surface area contributed by atoms with Gasteiger partial charge in [0.2, 0.25) is 0 Å². The molecule has 0 aliphatic carbocycles. The van der Waals surface area contributed by atoms with Gasteiger partial charge < -0.3 is 15.0 Å². The molecule has 4 nitrogen and oxygen atoms in total. The van der Waals surface area contributed by atoms with Crippen molar-refractivity contribution in [3.63, 3.8) is 0 Å². The van der Waals surface area contributed by atoms with E-state index in [0.717, 1.165) is 55.0 Å². The molecule has 0 aliphatic rings.